The number of methoxy groups -OCH3 is 1. The van der Waals surface area contributed by atoms with Crippen molar-refractivity contribution < 1.29 is 18.9 Å². The van der Waals surface area contributed by atoms with Gasteiger partial charge in [-0.1, -0.05) is 12.1 Å². The third-order valence-corrected chi connectivity index (χ3v) is 5.10. The van der Waals surface area contributed by atoms with Crippen molar-refractivity contribution in [3.63, 3.8) is 0 Å². The Labute approximate surface area is 173 Å². The maximum Gasteiger partial charge on any atom is 0.212 e. The zero-order valence-electron chi connectivity index (χ0n) is 16.8. The summed E-state index contributed by atoms with van der Waals surface area (Å²) in [6.07, 6.45) is 0.357. The Morgan fingerprint density at radius 2 is 2.03 bits per heavy atom. The fourth-order valence-electron chi connectivity index (χ4n) is 3.86. The number of nitrogens with two attached hydrogens (primary N) is 1. The molecule has 0 saturated carbocycles. The molecule has 3 heterocycles. The second kappa shape index (κ2) is 7.33. The lowest BCUT2D eigenvalue weighted by atomic mass is 10.1. The number of ether oxygens (including phenoxy) is 4. The number of benzene rings is 2. The number of rotatable bonds is 4. The van der Waals surface area contributed by atoms with E-state index in [1.165, 1.54) is 0 Å². The molecule has 3 aromatic rings. The summed E-state index contributed by atoms with van der Waals surface area (Å²) in [5.74, 6) is 3.52. The molecule has 0 spiro atoms. The first-order valence-corrected chi connectivity index (χ1v) is 9.91. The second-order valence-electron chi connectivity index (χ2n) is 6.97. The Morgan fingerprint density at radius 1 is 1.23 bits per heavy atom. The monoisotopic (exact) mass is 409 g/mol. The van der Waals surface area contributed by atoms with Gasteiger partial charge in [-0.2, -0.15) is 0 Å². The Balaban J connectivity index is 1.71. The van der Waals surface area contributed by atoms with Crippen molar-refractivity contribution in [1.29, 1.82) is 0 Å². The summed E-state index contributed by atoms with van der Waals surface area (Å²) in [7, 11) is 1.62. The maximum absolute atomic E-state index is 6.09. The Kier molecular flexibility index (Phi) is 4.50. The van der Waals surface area contributed by atoms with Gasteiger partial charge in [0.25, 0.3) is 0 Å². The molecule has 0 aliphatic carbocycles. The topological polar surface area (TPSA) is 105 Å². The van der Waals surface area contributed by atoms with Crippen molar-refractivity contribution in [2.24, 2.45) is 10.7 Å². The molecule has 156 valence electrons. The number of aliphatic imine (C=N–C) groups is 1. The standard InChI is InChI=1S/C21H23N5O4/c1-3-28-15-7-4-6-12(18(15)27-2)19-24-20(22)25-21-23-13-10-16-17(11-14(13)26(19)21)30-9-5-8-29-16/h4,6-7,10-11,19H,3,5,8-9H2,1-2H3,(H3,22,23,24,25)/t19-/m1/s1. The maximum atomic E-state index is 6.09. The van der Waals surface area contributed by atoms with E-state index in [0.717, 1.165) is 23.0 Å². The highest BCUT2D eigenvalue weighted by Crippen LogP contribution is 2.42. The number of imidazole rings is 1. The molecule has 2 aliphatic heterocycles. The molecule has 0 amide bonds. The quantitative estimate of drug-likeness (QED) is 0.683. The lowest BCUT2D eigenvalue weighted by molar-refractivity contribution is 0.297. The first-order valence-electron chi connectivity index (χ1n) is 9.91. The molecule has 1 atom stereocenters. The van der Waals surface area contributed by atoms with Crippen LogP contribution in [0.4, 0.5) is 5.95 Å². The van der Waals surface area contributed by atoms with Crippen molar-refractivity contribution >= 4 is 22.9 Å². The van der Waals surface area contributed by atoms with E-state index in [1.807, 2.05) is 41.8 Å². The zero-order valence-corrected chi connectivity index (χ0v) is 16.8. The third kappa shape index (κ3) is 2.94. The van der Waals surface area contributed by atoms with Crippen molar-refractivity contribution in [3.8, 4) is 23.0 Å². The number of nitrogens with one attached hydrogen (secondary N) is 1. The highest BCUT2D eigenvalue weighted by Gasteiger charge is 2.29. The minimum atomic E-state index is -0.480. The number of hydrogen-bond donors (Lipinski definition) is 2. The summed E-state index contributed by atoms with van der Waals surface area (Å²) in [4.78, 5) is 9.37. The van der Waals surface area contributed by atoms with Gasteiger partial charge in [-0.25, -0.2) is 9.98 Å². The molecule has 0 radical (unpaired) electrons. The van der Waals surface area contributed by atoms with Crippen LogP contribution in [-0.2, 0) is 0 Å². The average Bonchev–Trinajstić information content (AvgIpc) is 2.92. The fraction of sp³-hybridized carbons (Fsp3) is 0.333. The van der Waals surface area contributed by atoms with Gasteiger partial charge in [-0.3, -0.25) is 9.88 Å². The number of para-hydroxylation sites is 1. The van der Waals surface area contributed by atoms with Gasteiger partial charge in [0.05, 0.1) is 38.0 Å². The number of guanidine groups is 1. The largest absolute Gasteiger partial charge is 0.492 e. The lowest BCUT2D eigenvalue weighted by Crippen LogP contribution is -2.31. The summed E-state index contributed by atoms with van der Waals surface area (Å²) in [5.41, 5.74) is 8.53. The molecule has 0 fully saturated rings. The van der Waals surface area contributed by atoms with Crippen LogP contribution in [0.1, 0.15) is 25.1 Å². The van der Waals surface area contributed by atoms with Crippen LogP contribution in [0.5, 0.6) is 23.0 Å². The zero-order chi connectivity index (χ0) is 20.7. The van der Waals surface area contributed by atoms with Gasteiger partial charge in [-0.05, 0) is 13.0 Å². The Hall–Kier alpha value is -3.62. The average molecular weight is 409 g/mol. The number of fused-ring (bicyclic) bond motifs is 4. The van der Waals surface area contributed by atoms with E-state index >= 15 is 0 Å². The van der Waals surface area contributed by atoms with Crippen LogP contribution in [0, 0.1) is 0 Å². The predicted molar refractivity (Wildman–Crippen MR) is 113 cm³/mol. The summed E-state index contributed by atoms with van der Waals surface area (Å²) >= 11 is 0. The lowest BCUT2D eigenvalue weighted by Gasteiger charge is -2.25. The van der Waals surface area contributed by atoms with Gasteiger partial charge in [0.1, 0.15) is 0 Å². The molecule has 2 aliphatic rings. The highest BCUT2D eigenvalue weighted by atomic mass is 16.5. The SMILES string of the molecule is CCOc1cccc([C@@H]2N=C(N)Nc3nc4cc5c(cc4n32)OCCCO5)c1OC. The van der Waals surface area contributed by atoms with E-state index in [0.29, 0.717) is 48.8 Å². The first kappa shape index (κ1) is 18.4. The van der Waals surface area contributed by atoms with E-state index in [9.17, 15) is 0 Å². The van der Waals surface area contributed by atoms with Crippen LogP contribution in [0.2, 0.25) is 0 Å². The molecule has 9 heteroatoms. The van der Waals surface area contributed by atoms with E-state index in [2.05, 4.69) is 10.3 Å². The molecule has 2 aromatic carbocycles. The number of aromatic nitrogens is 2. The Morgan fingerprint density at radius 3 is 2.80 bits per heavy atom. The smallest absolute Gasteiger partial charge is 0.212 e. The molecule has 0 unspecified atom stereocenters. The predicted octanol–water partition coefficient (Wildman–Crippen LogP) is 2.89. The second-order valence-corrected chi connectivity index (χ2v) is 6.97. The number of hydrogen-bond acceptors (Lipinski definition) is 8. The van der Waals surface area contributed by atoms with Crippen LogP contribution >= 0.6 is 0 Å². The van der Waals surface area contributed by atoms with E-state index < -0.39 is 6.17 Å². The third-order valence-electron chi connectivity index (χ3n) is 5.10. The van der Waals surface area contributed by atoms with Gasteiger partial charge in [0.15, 0.2) is 35.1 Å². The van der Waals surface area contributed by atoms with E-state index in [4.69, 9.17) is 29.7 Å². The molecule has 30 heavy (non-hydrogen) atoms. The van der Waals surface area contributed by atoms with E-state index in [-0.39, 0.29) is 5.96 Å². The van der Waals surface area contributed by atoms with Gasteiger partial charge >= 0.3 is 0 Å². The van der Waals surface area contributed by atoms with Crippen LogP contribution in [0.3, 0.4) is 0 Å². The van der Waals surface area contributed by atoms with Crippen LogP contribution < -0.4 is 30.0 Å². The molecule has 3 N–H and O–H groups in total. The summed E-state index contributed by atoms with van der Waals surface area (Å²) < 4.78 is 25.1. The fourth-order valence-corrected chi connectivity index (χ4v) is 3.86. The summed E-state index contributed by atoms with van der Waals surface area (Å²) in [6, 6.07) is 9.57. The normalized spacial score (nSPS) is 17.5. The van der Waals surface area contributed by atoms with Gasteiger partial charge in [-0.15, -0.1) is 0 Å². The molecule has 9 nitrogen and oxygen atoms in total. The molecule has 0 bridgehead atoms. The van der Waals surface area contributed by atoms with Gasteiger partial charge in [0, 0.05) is 24.1 Å². The minimum absolute atomic E-state index is 0.278. The molecule has 1 aromatic heterocycles. The van der Waals surface area contributed by atoms with Crippen LogP contribution in [0.25, 0.3) is 11.0 Å². The molecule has 0 saturated heterocycles. The molecule has 5 rings (SSSR count). The van der Waals surface area contributed by atoms with E-state index in [1.54, 1.807) is 7.11 Å². The van der Waals surface area contributed by atoms with Crippen molar-refractivity contribution in [2.75, 3.05) is 32.2 Å². The summed E-state index contributed by atoms with van der Waals surface area (Å²) in [5, 5.41) is 3.06. The highest BCUT2D eigenvalue weighted by molar-refractivity contribution is 5.95. The molecular weight excluding hydrogens is 386 g/mol. The van der Waals surface area contributed by atoms with Crippen LogP contribution in [-0.4, -0.2) is 42.4 Å². The number of nitrogens with zero attached hydrogens (tertiary/aromatic N) is 3. The Bertz CT molecular complexity index is 1140. The van der Waals surface area contributed by atoms with Crippen molar-refractivity contribution in [1.82, 2.24) is 9.55 Å². The van der Waals surface area contributed by atoms with Crippen molar-refractivity contribution in [3.05, 3.63) is 35.9 Å². The minimum Gasteiger partial charge on any atom is -0.492 e. The van der Waals surface area contributed by atoms with Gasteiger partial charge < -0.3 is 24.7 Å². The first-order chi connectivity index (χ1) is 14.7. The van der Waals surface area contributed by atoms with Crippen molar-refractivity contribution in [2.45, 2.75) is 19.5 Å². The van der Waals surface area contributed by atoms with Gasteiger partial charge in [0.2, 0.25) is 5.95 Å². The van der Waals surface area contributed by atoms with Crippen LogP contribution in [0.15, 0.2) is 35.3 Å². The molecular formula is C21H23N5O4. The summed E-state index contributed by atoms with van der Waals surface area (Å²) in [6.45, 7) is 3.68. The number of anilines is 1.